The summed E-state index contributed by atoms with van der Waals surface area (Å²) < 4.78 is 56.5. The van der Waals surface area contributed by atoms with E-state index in [4.69, 9.17) is 0 Å². The minimum absolute atomic E-state index is 0.0244. The Morgan fingerprint density at radius 1 is 0.914 bits per heavy atom. The number of nitrogens with zero attached hydrogens (tertiary/aromatic N) is 2. The molecular formula is C25H20F4N4O2. The van der Waals surface area contributed by atoms with Crippen LogP contribution in [0.25, 0.3) is 33.2 Å². The van der Waals surface area contributed by atoms with Gasteiger partial charge in [0.2, 0.25) is 0 Å². The molecule has 3 aliphatic rings. The zero-order valence-electron chi connectivity index (χ0n) is 18.3. The van der Waals surface area contributed by atoms with Gasteiger partial charge in [-0.05, 0) is 49.7 Å². The lowest BCUT2D eigenvalue weighted by Gasteiger charge is -2.47. The normalized spacial score (nSPS) is 23.8. The van der Waals surface area contributed by atoms with E-state index in [2.05, 4.69) is 20.3 Å². The van der Waals surface area contributed by atoms with E-state index in [9.17, 15) is 27.5 Å². The SMILES string of the molecule is O=C(O)[C@H]1C2CCC(CC2)[C@@H]1Nc1nc(-c2c[nH]c3c(F)cc(F)cc23)nc2cc(F)c(F)cc12. The van der Waals surface area contributed by atoms with E-state index < -0.39 is 41.2 Å². The second-order valence-corrected chi connectivity index (χ2v) is 9.40. The van der Waals surface area contributed by atoms with Crippen molar-refractivity contribution in [2.24, 2.45) is 17.8 Å². The number of hydrogen-bond donors (Lipinski definition) is 3. The maximum absolute atomic E-state index is 14.2. The van der Waals surface area contributed by atoms with Crippen LogP contribution in [0.15, 0.2) is 30.5 Å². The van der Waals surface area contributed by atoms with Crippen molar-refractivity contribution in [3.05, 3.63) is 53.7 Å². The van der Waals surface area contributed by atoms with Crippen molar-refractivity contribution in [1.82, 2.24) is 15.0 Å². The second kappa shape index (κ2) is 7.93. The van der Waals surface area contributed by atoms with Crippen molar-refractivity contribution in [3.8, 4) is 11.4 Å². The summed E-state index contributed by atoms with van der Waals surface area (Å²) in [5, 5.41) is 13.5. The largest absolute Gasteiger partial charge is 0.481 e. The van der Waals surface area contributed by atoms with Gasteiger partial charge in [-0.1, -0.05) is 0 Å². The molecule has 0 spiro atoms. The molecule has 180 valence electrons. The van der Waals surface area contributed by atoms with Crippen LogP contribution in [0.2, 0.25) is 0 Å². The highest BCUT2D eigenvalue weighted by atomic mass is 19.2. The molecule has 3 saturated carbocycles. The third kappa shape index (κ3) is 3.50. The van der Waals surface area contributed by atoms with Crippen LogP contribution in [-0.4, -0.2) is 32.1 Å². The van der Waals surface area contributed by atoms with Gasteiger partial charge in [-0.15, -0.1) is 0 Å². The Morgan fingerprint density at radius 2 is 1.63 bits per heavy atom. The van der Waals surface area contributed by atoms with Crippen LogP contribution < -0.4 is 5.32 Å². The Hall–Kier alpha value is -3.69. The van der Waals surface area contributed by atoms with E-state index in [1.54, 1.807) is 0 Å². The number of aromatic nitrogens is 3. The number of aromatic amines is 1. The zero-order valence-corrected chi connectivity index (χ0v) is 18.3. The summed E-state index contributed by atoms with van der Waals surface area (Å²) in [5.41, 5.74) is 0.406. The van der Waals surface area contributed by atoms with E-state index in [-0.39, 0.29) is 50.8 Å². The van der Waals surface area contributed by atoms with Crippen LogP contribution in [0.5, 0.6) is 0 Å². The number of nitrogens with one attached hydrogen (secondary N) is 2. The number of aliphatic carboxylic acids is 1. The number of H-pyrrole nitrogens is 1. The molecule has 0 radical (unpaired) electrons. The number of carboxylic acids is 1. The third-order valence-corrected chi connectivity index (χ3v) is 7.49. The fourth-order valence-electron chi connectivity index (χ4n) is 5.86. The Morgan fingerprint density at radius 3 is 2.37 bits per heavy atom. The van der Waals surface area contributed by atoms with Crippen molar-refractivity contribution < 1.29 is 27.5 Å². The molecular weight excluding hydrogens is 464 g/mol. The molecule has 3 aliphatic carbocycles. The average molecular weight is 484 g/mol. The monoisotopic (exact) mass is 484 g/mol. The lowest BCUT2D eigenvalue weighted by Crippen LogP contribution is -2.51. The summed E-state index contributed by atoms with van der Waals surface area (Å²) in [5.74, 6) is -5.02. The lowest BCUT2D eigenvalue weighted by molar-refractivity contribution is -0.148. The van der Waals surface area contributed by atoms with Crippen LogP contribution in [0, 0.1) is 41.0 Å². The number of carbonyl (C=O) groups is 1. The summed E-state index contributed by atoms with van der Waals surface area (Å²) in [6.45, 7) is 0. The van der Waals surface area contributed by atoms with E-state index >= 15 is 0 Å². The standard InChI is InChI=1S/C25H20F4N4O2/c26-12-5-13-15(9-30-22(13)18(29)6-12)24-31-19-8-17(28)16(27)7-14(19)23(33-24)32-21-11-3-1-10(2-4-11)20(21)25(34)35/h5-11,20-21,30H,1-4H2,(H,34,35)(H,31,32,33)/t10?,11?,20-,21-/m0/s1. The van der Waals surface area contributed by atoms with Gasteiger partial charge in [-0.2, -0.15) is 0 Å². The molecule has 3 fully saturated rings. The highest BCUT2D eigenvalue weighted by molar-refractivity contribution is 5.97. The number of fused-ring (bicyclic) bond motifs is 5. The molecule has 10 heteroatoms. The van der Waals surface area contributed by atoms with Gasteiger partial charge < -0.3 is 15.4 Å². The van der Waals surface area contributed by atoms with Crippen molar-refractivity contribution >= 4 is 33.6 Å². The second-order valence-electron chi connectivity index (χ2n) is 9.40. The molecule has 2 atom stereocenters. The van der Waals surface area contributed by atoms with Gasteiger partial charge in [0.15, 0.2) is 17.5 Å². The van der Waals surface area contributed by atoms with E-state index in [0.717, 1.165) is 49.9 Å². The van der Waals surface area contributed by atoms with Gasteiger partial charge in [0.05, 0.1) is 17.0 Å². The first-order chi connectivity index (χ1) is 16.8. The average Bonchev–Trinajstić information content (AvgIpc) is 3.25. The fraction of sp³-hybridized carbons (Fsp3) is 0.320. The summed E-state index contributed by atoms with van der Waals surface area (Å²) in [7, 11) is 0. The highest BCUT2D eigenvalue weighted by Crippen LogP contribution is 2.47. The number of carboxylic acid groups (broad SMARTS) is 1. The van der Waals surface area contributed by atoms with Crippen LogP contribution in [0.1, 0.15) is 25.7 Å². The topological polar surface area (TPSA) is 90.9 Å². The Kier molecular flexibility index (Phi) is 4.94. The number of halogens is 4. The smallest absolute Gasteiger partial charge is 0.308 e. The van der Waals surface area contributed by atoms with Crippen LogP contribution in [-0.2, 0) is 4.79 Å². The minimum Gasteiger partial charge on any atom is -0.481 e. The minimum atomic E-state index is -1.11. The predicted octanol–water partition coefficient (Wildman–Crippen LogP) is 5.64. The predicted molar refractivity (Wildman–Crippen MR) is 121 cm³/mol. The quantitative estimate of drug-likeness (QED) is 0.327. The van der Waals surface area contributed by atoms with Crippen LogP contribution in [0.4, 0.5) is 23.4 Å². The van der Waals surface area contributed by atoms with E-state index in [1.807, 2.05) is 0 Å². The molecule has 2 bridgehead atoms. The van der Waals surface area contributed by atoms with Crippen molar-refractivity contribution in [1.29, 1.82) is 0 Å². The van der Waals surface area contributed by atoms with Gasteiger partial charge in [-0.25, -0.2) is 27.5 Å². The summed E-state index contributed by atoms with van der Waals surface area (Å²) in [6, 6.07) is 3.34. The van der Waals surface area contributed by atoms with Crippen molar-refractivity contribution in [2.45, 2.75) is 31.7 Å². The van der Waals surface area contributed by atoms with Gasteiger partial charge in [0, 0.05) is 40.7 Å². The molecule has 3 N–H and O–H groups in total. The molecule has 6 nitrogen and oxygen atoms in total. The maximum atomic E-state index is 14.2. The van der Waals surface area contributed by atoms with E-state index in [0.29, 0.717) is 0 Å². The highest BCUT2D eigenvalue weighted by Gasteiger charge is 2.47. The van der Waals surface area contributed by atoms with Gasteiger partial charge >= 0.3 is 5.97 Å². The molecule has 0 unspecified atom stereocenters. The fourth-order valence-corrected chi connectivity index (χ4v) is 5.86. The number of anilines is 1. The summed E-state index contributed by atoms with van der Waals surface area (Å²) >= 11 is 0. The van der Waals surface area contributed by atoms with Gasteiger partial charge in [0.25, 0.3) is 0 Å². The molecule has 35 heavy (non-hydrogen) atoms. The number of benzene rings is 2. The van der Waals surface area contributed by atoms with Gasteiger partial charge in [0.1, 0.15) is 17.5 Å². The summed E-state index contributed by atoms with van der Waals surface area (Å²) in [6.07, 6.45) is 4.82. The molecule has 0 aliphatic heterocycles. The van der Waals surface area contributed by atoms with Crippen molar-refractivity contribution in [2.75, 3.05) is 5.32 Å². The molecule has 7 rings (SSSR count). The molecule has 0 amide bonds. The van der Waals surface area contributed by atoms with Crippen molar-refractivity contribution in [3.63, 3.8) is 0 Å². The molecule has 0 saturated heterocycles. The lowest BCUT2D eigenvalue weighted by atomic mass is 9.61. The molecule has 4 aromatic rings. The summed E-state index contributed by atoms with van der Waals surface area (Å²) in [4.78, 5) is 23.7. The maximum Gasteiger partial charge on any atom is 0.308 e. The first-order valence-electron chi connectivity index (χ1n) is 11.4. The first kappa shape index (κ1) is 21.8. The van der Waals surface area contributed by atoms with Gasteiger partial charge in [-0.3, -0.25) is 4.79 Å². The van der Waals surface area contributed by atoms with Crippen LogP contribution in [0.3, 0.4) is 0 Å². The third-order valence-electron chi connectivity index (χ3n) is 7.49. The number of rotatable bonds is 4. The Balaban J connectivity index is 1.53. The molecule has 2 heterocycles. The Labute approximate surface area is 196 Å². The molecule has 2 aromatic heterocycles. The Bertz CT molecular complexity index is 1500. The first-order valence-corrected chi connectivity index (χ1v) is 11.4. The zero-order chi connectivity index (χ0) is 24.4. The number of hydrogen-bond acceptors (Lipinski definition) is 4. The van der Waals surface area contributed by atoms with E-state index in [1.165, 1.54) is 6.20 Å². The van der Waals surface area contributed by atoms with Crippen LogP contribution >= 0.6 is 0 Å². The molecule has 2 aromatic carbocycles.